The monoisotopic (exact) mass is 838 g/mol. The molecule has 0 atom stereocenters. The van der Waals surface area contributed by atoms with Crippen molar-refractivity contribution >= 4 is 82.0 Å². The van der Waals surface area contributed by atoms with Crippen molar-refractivity contribution in [2.75, 3.05) is 4.90 Å². The molecule has 2 nitrogen and oxygen atoms in total. The standard InChI is InChI=1S/C64H42N2/c1-3-17-44(18-4-1)52-25-13-15-29-58(52)65(62-42-49-23-9-10-24-51(49)55-38-33-46-21-7-11-26-53(46)63(55)62)50-36-31-43(32-37-50)48-35-39-60(57(41-48)45-19-5-2-6-20-45)66-59-30-16-14-28-56(59)64-54-27-12-8-22-47(54)34-40-61(64)66/h1-42H. The number of nitrogens with zero attached hydrogens (tertiary/aromatic N) is 2. The molecule has 13 aromatic rings. The second kappa shape index (κ2) is 15.5. The van der Waals surface area contributed by atoms with Gasteiger partial charge in [0.2, 0.25) is 0 Å². The third-order valence-electron chi connectivity index (χ3n) is 13.5. The van der Waals surface area contributed by atoms with Gasteiger partial charge in [-0.15, -0.1) is 0 Å². The van der Waals surface area contributed by atoms with Crippen LogP contribution in [0.15, 0.2) is 255 Å². The summed E-state index contributed by atoms with van der Waals surface area (Å²) in [7, 11) is 0. The van der Waals surface area contributed by atoms with Gasteiger partial charge in [0.05, 0.1) is 28.1 Å². The molecule has 0 aliphatic carbocycles. The number of rotatable bonds is 7. The van der Waals surface area contributed by atoms with Crippen LogP contribution < -0.4 is 4.90 Å². The van der Waals surface area contributed by atoms with Gasteiger partial charge in [0.25, 0.3) is 0 Å². The van der Waals surface area contributed by atoms with Crippen molar-refractivity contribution in [3.63, 3.8) is 0 Å². The van der Waals surface area contributed by atoms with Crippen molar-refractivity contribution in [2.24, 2.45) is 0 Å². The topological polar surface area (TPSA) is 8.17 Å². The van der Waals surface area contributed by atoms with Gasteiger partial charge in [0.1, 0.15) is 0 Å². The lowest BCUT2D eigenvalue weighted by Gasteiger charge is -2.30. The minimum Gasteiger partial charge on any atom is -0.309 e. The van der Waals surface area contributed by atoms with Crippen molar-refractivity contribution < 1.29 is 0 Å². The van der Waals surface area contributed by atoms with Gasteiger partial charge in [-0.2, -0.15) is 0 Å². The van der Waals surface area contributed by atoms with E-state index in [1.165, 1.54) is 87.1 Å². The van der Waals surface area contributed by atoms with Crippen LogP contribution in [-0.4, -0.2) is 4.57 Å². The van der Waals surface area contributed by atoms with Gasteiger partial charge >= 0.3 is 0 Å². The predicted molar refractivity (Wildman–Crippen MR) is 282 cm³/mol. The number of aromatic nitrogens is 1. The van der Waals surface area contributed by atoms with Crippen molar-refractivity contribution in [3.8, 4) is 39.1 Å². The highest BCUT2D eigenvalue weighted by Crippen LogP contribution is 2.48. The van der Waals surface area contributed by atoms with Gasteiger partial charge in [0.15, 0.2) is 0 Å². The van der Waals surface area contributed by atoms with Crippen molar-refractivity contribution in [3.05, 3.63) is 255 Å². The lowest BCUT2D eigenvalue weighted by molar-refractivity contribution is 1.18. The van der Waals surface area contributed by atoms with Gasteiger partial charge in [-0.3, -0.25) is 0 Å². The van der Waals surface area contributed by atoms with Crippen LogP contribution >= 0.6 is 0 Å². The van der Waals surface area contributed by atoms with Crippen LogP contribution in [0.2, 0.25) is 0 Å². The van der Waals surface area contributed by atoms with Crippen molar-refractivity contribution in [1.82, 2.24) is 4.57 Å². The van der Waals surface area contributed by atoms with E-state index in [-0.39, 0.29) is 0 Å². The molecule has 0 fully saturated rings. The third-order valence-corrected chi connectivity index (χ3v) is 13.5. The molecule has 0 N–H and O–H groups in total. The van der Waals surface area contributed by atoms with Gasteiger partial charge < -0.3 is 9.47 Å². The third kappa shape index (κ3) is 6.11. The largest absolute Gasteiger partial charge is 0.309 e. The molecule has 12 aromatic carbocycles. The van der Waals surface area contributed by atoms with E-state index in [1.54, 1.807) is 0 Å². The maximum Gasteiger partial charge on any atom is 0.0552 e. The van der Waals surface area contributed by atoms with Crippen molar-refractivity contribution in [1.29, 1.82) is 0 Å². The van der Waals surface area contributed by atoms with Crippen LogP contribution in [0.1, 0.15) is 0 Å². The lowest BCUT2D eigenvalue weighted by Crippen LogP contribution is -2.12. The number of anilines is 3. The summed E-state index contributed by atoms with van der Waals surface area (Å²) in [5, 5.41) is 12.5. The minimum atomic E-state index is 1.09. The van der Waals surface area contributed by atoms with Gasteiger partial charge in [0, 0.05) is 33.0 Å². The second-order valence-corrected chi connectivity index (χ2v) is 17.2. The Morgan fingerprint density at radius 2 is 0.833 bits per heavy atom. The molecule has 0 radical (unpaired) electrons. The fourth-order valence-electron chi connectivity index (χ4n) is 10.5. The number of hydrogen-bond acceptors (Lipinski definition) is 1. The Bertz CT molecular complexity index is 3980. The molecule has 0 bridgehead atoms. The molecular weight excluding hydrogens is 797 g/mol. The van der Waals surface area contributed by atoms with Gasteiger partial charge in [-0.25, -0.2) is 0 Å². The molecule has 0 saturated carbocycles. The molecule has 0 spiro atoms. The lowest BCUT2D eigenvalue weighted by atomic mass is 9.93. The molecule has 2 heteroatoms. The zero-order valence-electron chi connectivity index (χ0n) is 36.1. The maximum atomic E-state index is 2.48. The van der Waals surface area contributed by atoms with E-state index in [1.807, 2.05) is 0 Å². The zero-order valence-corrected chi connectivity index (χ0v) is 36.1. The Kier molecular flexibility index (Phi) is 8.89. The number of fused-ring (bicyclic) bond motifs is 10. The Morgan fingerprint density at radius 1 is 0.273 bits per heavy atom. The van der Waals surface area contributed by atoms with E-state index in [0.29, 0.717) is 0 Å². The number of benzene rings is 12. The highest BCUT2D eigenvalue weighted by molar-refractivity contribution is 6.24. The summed E-state index contributed by atoms with van der Waals surface area (Å²) >= 11 is 0. The van der Waals surface area contributed by atoms with Gasteiger partial charge in [-0.05, 0) is 108 Å². The van der Waals surface area contributed by atoms with Crippen LogP contribution in [0, 0.1) is 0 Å². The number of para-hydroxylation sites is 2. The first-order valence-corrected chi connectivity index (χ1v) is 22.8. The molecule has 308 valence electrons. The molecule has 0 saturated heterocycles. The highest BCUT2D eigenvalue weighted by atomic mass is 15.1. The first-order chi connectivity index (χ1) is 32.8. The van der Waals surface area contributed by atoms with E-state index in [0.717, 1.165) is 33.9 Å². The van der Waals surface area contributed by atoms with Crippen LogP contribution in [0.4, 0.5) is 17.1 Å². The molecule has 0 unspecified atom stereocenters. The second-order valence-electron chi connectivity index (χ2n) is 17.2. The molecule has 0 aliphatic heterocycles. The van der Waals surface area contributed by atoms with Crippen LogP contribution in [0.5, 0.6) is 0 Å². The SMILES string of the molecule is c1ccc(-c2ccccc2N(c2ccc(-c3ccc(-n4c5ccccc5c5c6ccccc6ccc54)c(-c4ccccc4)c3)cc2)c2cc3ccccc3c3ccc4ccccc4c23)cc1. The molecule has 1 heterocycles. The van der Waals surface area contributed by atoms with E-state index in [2.05, 4.69) is 264 Å². The molecule has 1 aromatic heterocycles. The average molecular weight is 839 g/mol. The Hall–Kier alpha value is -8.72. The first kappa shape index (κ1) is 37.8. The summed E-state index contributed by atoms with van der Waals surface area (Å²) in [6.07, 6.45) is 0. The van der Waals surface area contributed by atoms with Gasteiger partial charge in [-0.1, -0.05) is 206 Å². The van der Waals surface area contributed by atoms with E-state index >= 15 is 0 Å². The smallest absolute Gasteiger partial charge is 0.0552 e. The zero-order chi connectivity index (χ0) is 43.6. The van der Waals surface area contributed by atoms with Crippen LogP contribution in [0.3, 0.4) is 0 Å². The predicted octanol–water partition coefficient (Wildman–Crippen LogP) is 17.9. The highest BCUT2D eigenvalue weighted by Gasteiger charge is 2.23. The first-order valence-electron chi connectivity index (χ1n) is 22.8. The van der Waals surface area contributed by atoms with E-state index in [9.17, 15) is 0 Å². The van der Waals surface area contributed by atoms with Crippen LogP contribution in [-0.2, 0) is 0 Å². The Labute approximate surface area is 383 Å². The van der Waals surface area contributed by atoms with E-state index in [4.69, 9.17) is 0 Å². The molecule has 0 amide bonds. The molecular formula is C64H42N2. The normalized spacial score (nSPS) is 11.6. The molecule has 13 rings (SSSR count). The summed E-state index contributed by atoms with van der Waals surface area (Å²) in [5.74, 6) is 0. The summed E-state index contributed by atoms with van der Waals surface area (Å²) in [5.41, 5.74) is 13.9. The molecule has 66 heavy (non-hydrogen) atoms. The fourth-order valence-corrected chi connectivity index (χ4v) is 10.5. The maximum absolute atomic E-state index is 2.48. The van der Waals surface area contributed by atoms with Crippen molar-refractivity contribution in [2.45, 2.75) is 0 Å². The quantitative estimate of drug-likeness (QED) is 0.145. The Balaban J connectivity index is 1.01. The Morgan fingerprint density at radius 3 is 1.58 bits per heavy atom. The van der Waals surface area contributed by atoms with Crippen LogP contribution in [0.25, 0.3) is 104 Å². The summed E-state index contributed by atoms with van der Waals surface area (Å²) in [4.78, 5) is 2.48. The minimum absolute atomic E-state index is 1.09. The number of hydrogen-bond donors (Lipinski definition) is 0. The fraction of sp³-hybridized carbons (Fsp3) is 0. The molecule has 0 aliphatic rings. The summed E-state index contributed by atoms with van der Waals surface area (Å²) < 4.78 is 2.46. The summed E-state index contributed by atoms with van der Waals surface area (Å²) in [6.45, 7) is 0. The van der Waals surface area contributed by atoms with E-state index < -0.39 is 0 Å². The average Bonchev–Trinajstić information content (AvgIpc) is 3.74. The summed E-state index contributed by atoms with van der Waals surface area (Å²) in [6, 6.07) is 93.3.